The van der Waals surface area contributed by atoms with E-state index < -0.39 is 11.6 Å². The molecule has 1 amide bonds. The summed E-state index contributed by atoms with van der Waals surface area (Å²) in [7, 11) is 0. The molecular formula is C15H14F2N2O. The van der Waals surface area contributed by atoms with Crippen LogP contribution >= 0.6 is 0 Å². The van der Waals surface area contributed by atoms with Gasteiger partial charge in [0.15, 0.2) is 0 Å². The summed E-state index contributed by atoms with van der Waals surface area (Å²) in [5.41, 5.74) is 1.95. The number of rotatable bonds is 4. The van der Waals surface area contributed by atoms with Crippen LogP contribution in [0.2, 0.25) is 0 Å². The fraction of sp³-hybridized carbons (Fsp3) is 0.133. The zero-order chi connectivity index (χ0) is 14.5. The summed E-state index contributed by atoms with van der Waals surface area (Å²) in [6.45, 7) is 1.94. The minimum atomic E-state index is -0.729. The van der Waals surface area contributed by atoms with Crippen molar-refractivity contribution >= 4 is 17.3 Å². The molecule has 0 radical (unpaired) electrons. The first-order valence-corrected chi connectivity index (χ1v) is 6.10. The van der Waals surface area contributed by atoms with E-state index in [0.29, 0.717) is 0 Å². The van der Waals surface area contributed by atoms with Gasteiger partial charge in [-0.05, 0) is 30.7 Å². The Morgan fingerprint density at radius 3 is 2.40 bits per heavy atom. The molecule has 0 unspecified atom stereocenters. The van der Waals surface area contributed by atoms with Crippen LogP contribution < -0.4 is 10.6 Å². The van der Waals surface area contributed by atoms with Crippen molar-refractivity contribution in [3.63, 3.8) is 0 Å². The lowest BCUT2D eigenvalue weighted by atomic mass is 10.2. The monoisotopic (exact) mass is 276 g/mol. The molecular weight excluding hydrogens is 262 g/mol. The number of hydrogen-bond acceptors (Lipinski definition) is 2. The summed E-state index contributed by atoms with van der Waals surface area (Å²) in [5, 5.41) is 5.39. The molecule has 0 spiro atoms. The Morgan fingerprint density at radius 2 is 1.75 bits per heavy atom. The van der Waals surface area contributed by atoms with Crippen LogP contribution in [0.15, 0.2) is 42.5 Å². The van der Waals surface area contributed by atoms with Crippen LogP contribution in [0.4, 0.5) is 20.2 Å². The van der Waals surface area contributed by atoms with E-state index in [9.17, 15) is 13.6 Å². The maximum absolute atomic E-state index is 13.0. The van der Waals surface area contributed by atoms with Gasteiger partial charge in [0.05, 0.1) is 6.54 Å². The van der Waals surface area contributed by atoms with Gasteiger partial charge in [-0.25, -0.2) is 8.78 Å². The van der Waals surface area contributed by atoms with Crippen LogP contribution in [0.3, 0.4) is 0 Å². The second-order valence-electron chi connectivity index (χ2n) is 4.37. The molecule has 2 aromatic carbocycles. The highest BCUT2D eigenvalue weighted by Crippen LogP contribution is 2.14. The van der Waals surface area contributed by atoms with Gasteiger partial charge in [-0.1, -0.05) is 18.2 Å². The van der Waals surface area contributed by atoms with Gasteiger partial charge in [-0.3, -0.25) is 4.79 Å². The van der Waals surface area contributed by atoms with E-state index in [1.807, 2.05) is 31.2 Å². The van der Waals surface area contributed by atoms with Crippen molar-refractivity contribution in [2.24, 2.45) is 0 Å². The smallest absolute Gasteiger partial charge is 0.243 e. The van der Waals surface area contributed by atoms with Gasteiger partial charge in [0.2, 0.25) is 5.91 Å². The summed E-state index contributed by atoms with van der Waals surface area (Å²) in [4.78, 5) is 11.7. The molecule has 0 bridgehead atoms. The van der Waals surface area contributed by atoms with Crippen LogP contribution in [-0.4, -0.2) is 12.5 Å². The molecule has 0 atom stereocenters. The zero-order valence-corrected chi connectivity index (χ0v) is 10.9. The molecule has 0 heterocycles. The molecule has 0 aliphatic heterocycles. The van der Waals surface area contributed by atoms with Gasteiger partial charge in [0.1, 0.15) is 11.6 Å². The quantitative estimate of drug-likeness (QED) is 0.899. The van der Waals surface area contributed by atoms with E-state index in [2.05, 4.69) is 10.6 Å². The Hall–Kier alpha value is -2.43. The van der Waals surface area contributed by atoms with Gasteiger partial charge in [-0.15, -0.1) is 0 Å². The number of anilines is 2. The van der Waals surface area contributed by atoms with Gasteiger partial charge < -0.3 is 10.6 Å². The lowest BCUT2D eigenvalue weighted by Crippen LogP contribution is -2.22. The lowest BCUT2D eigenvalue weighted by Gasteiger charge is -2.10. The van der Waals surface area contributed by atoms with E-state index >= 15 is 0 Å². The molecule has 20 heavy (non-hydrogen) atoms. The number of nitrogens with one attached hydrogen (secondary N) is 2. The molecule has 3 nitrogen and oxygen atoms in total. The van der Waals surface area contributed by atoms with E-state index in [1.54, 1.807) is 0 Å². The summed E-state index contributed by atoms with van der Waals surface area (Å²) in [6, 6.07) is 10.4. The number of carbonyl (C=O) groups excluding carboxylic acids is 1. The third kappa shape index (κ3) is 3.78. The molecule has 2 N–H and O–H groups in total. The third-order valence-electron chi connectivity index (χ3n) is 2.73. The van der Waals surface area contributed by atoms with E-state index in [0.717, 1.165) is 29.4 Å². The zero-order valence-electron chi connectivity index (χ0n) is 10.9. The summed E-state index contributed by atoms with van der Waals surface area (Å²) in [6.07, 6.45) is 0. The number of hydrogen-bond donors (Lipinski definition) is 2. The number of benzene rings is 2. The van der Waals surface area contributed by atoms with Crippen LogP contribution in [0.5, 0.6) is 0 Å². The molecule has 0 fully saturated rings. The van der Waals surface area contributed by atoms with E-state index in [-0.39, 0.29) is 18.1 Å². The average molecular weight is 276 g/mol. The molecule has 0 saturated heterocycles. The number of para-hydroxylation sites is 1. The van der Waals surface area contributed by atoms with Gasteiger partial charge in [0, 0.05) is 17.4 Å². The van der Waals surface area contributed by atoms with Gasteiger partial charge >= 0.3 is 0 Å². The molecule has 0 saturated carbocycles. The molecule has 104 valence electrons. The summed E-state index contributed by atoms with van der Waals surface area (Å²) < 4.78 is 26.0. The standard InChI is InChI=1S/C15H14F2N2O/c1-10-4-2-3-5-14(10)18-9-15(20)19-13-7-11(16)6-12(17)8-13/h2-8,18H,9H2,1H3,(H,19,20). The van der Waals surface area contributed by atoms with Crippen LogP contribution in [0.25, 0.3) is 0 Å². The van der Waals surface area contributed by atoms with Crippen LogP contribution in [0.1, 0.15) is 5.56 Å². The first kappa shape index (κ1) is 14.0. The Bertz CT molecular complexity index is 609. The largest absolute Gasteiger partial charge is 0.376 e. The summed E-state index contributed by atoms with van der Waals surface area (Å²) >= 11 is 0. The average Bonchev–Trinajstić information content (AvgIpc) is 2.36. The van der Waals surface area contributed by atoms with Crippen molar-refractivity contribution in [2.45, 2.75) is 6.92 Å². The second kappa shape index (κ2) is 6.14. The van der Waals surface area contributed by atoms with E-state index in [4.69, 9.17) is 0 Å². The van der Waals surface area contributed by atoms with Crippen molar-refractivity contribution in [3.8, 4) is 0 Å². The minimum absolute atomic E-state index is 0.0169. The molecule has 0 aromatic heterocycles. The fourth-order valence-corrected chi connectivity index (χ4v) is 1.78. The molecule has 0 aliphatic rings. The van der Waals surface area contributed by atoms with Gasteiger partial charge in [0.25, 0.3) is 0 Å². The molecule has 2 aromatic rings. The number of halogens is 2. The second-order valence-corrected chi connectivity index (χ2v) is 4.37. The maximum Gasteiger partial charge on any atom is 0.243 e. The highest BCUT2D eigenvalue weighted by atomic mass is 19.1. The topological polar surface area (TPSA) is 41.1 Å². The van der Waals surface area contributed by atoms with Crippen molar-refractivity contribution in [1.29, 1.82) is 0 Å². The lowest BCUT2D eigenvalue weighted by molar-refractivity contribution is -0.114. The minimum Gasteiger partial charge on any atom is -0.376 e. The number of aryl methyl sites for hydroxylation is 1. The third-order valence-corrected chi connectivity index (χ3v) is 2.73. The van der Waals surface area contributed by atoms with Crippen LogP contribution in [0, 0.1) is 18.6 Å². The number of amides is 1. The Kier molecular flexibility index (Phi) is 4.30. The summed E-state index contributed by atoms with van der Waals surface area (Å²) in [5.74, 6) is -1.84. The Balaban J connectivity index is 1.94. The normalized spacial score (nSPS) is 10.2. The molecule has 5 heteroatoms. The maximum atomic E-state index is 13.0. The first-order valence-electron chi connectivity index (χ1n) is 6.10. The highest BCUT2D eigenvalue weighted by Gasteiger charge is 2.06. The van der Waals surface area contributed by atoms with Crippen molar-refractivity contribution in [3.05, 3.63) is 59.7 Å². The molecule has 0 aliphatic carbocycles. The highest BCUT2D eigenvalue weighted by molar-refractivity contribution is 5.93. The fourth-order valence-electron chi connectivity index (χ4n) is 1.78. The van der Waals surface area contributed by atoms with Crippen LogP contribution in [-0.2, 0) is 4.79 Å². The predicted octanol–water partition coefficient (Wildman–Crippen LogP) is 3.32. The first-order chi connectivity index (χ1) is 9.54. The van der Waals surface area contributed by atoms with E-state index in [1.165, 1.54) is 0 Å². The van der Waals surface area contributed by atoms with Gasteiger partial charge in [-0.2, -0.15) is 0 Å². The Labute approximate surface area is 115 Å². The predicted molar refractivity (Wildman–Crippen MR) is 74.7 cm³/mol. The van der Waals surface area contributed by atoms with Crippen molar-refractivity contribution in [1.82, 2.24) is 0 Å². The Morgan fingerprint density at radius 1 is 1.10 bits per heavy atom. The van der Waals surface area contributed by atoms with Crippen molar-refractivity contribution in [2.75, 3.05) is 17.2 Å². The SMILES string of the molecule is Cc1ccccc1NCC(=O)Nc1cc(F)cc(F)c1. The van der Waals surface area contributed by atoms with Crippen molar-refractivity contribution < 1.29 is 13.6 Å². The molecule has 2 rings (SSSR count). The number of carbonyl (C=O) groups is 1.